The number of unbranched alkanes of at least 4 members (excludes halogenated alkanes) is 1. The van der Waals surface area contributed by atoms with Crippen LogP contribution in [0.1, 0.15) is 53.1 Å². The van der Waals surface area contributed by atoms with Gasteiger partial charge >= 0.3 is 0 Å². The zero-order valence-corrected chi connectivity index (χ0v) is 19.2. The predicted octanol–water partition coefficient (Wildman–Crippen LogP) is 5.76. The lowest BCUT2D eigenvalue weighted by Gasteiger charge is -2.25. The van der Waals surface area contributed by atoms with Gasteiger partial charge in [-0.2, -0.15) is 0 Å². The van der Waals surface area contributed by atoms with E-state index in [9.17, 15) is 9.59 Å². The second-order valence-corrected chi connectivity index (χ2v) is 8.58. The van der Waals surface area contributed by atoms with E-state index in [0.717, 1.165) is 29.7 Å². The fraction of sp³-hybridized carbons (Fsp3) is 0.241. The van der Waals surface area contributed by atoms with Gasteiger partial charge in [0.15, 0.2) is 5.43 Å². The molecule has 3 aromatic carbocycles. The Balaban J connectivity index is 1.58. The molecule has 1 atom stereocenters. The van der Waals surface area contributed by atoms with Crippen LogP contribution in [0.15, 0.2) is 88.1 Å². The lowest BCUT2D eigenvalue weighted by molar-refractivity contribution is 0.0730. The van der Waals surface area contributed by atoms with Crippen molar-refractivity contribution < 1.29 is 13.9 Å². The van der Waals surface area contributed by atoms with E-state index in [2.05, 4.69) is 6.92 Å². The molecule has 0 spiro atoms. The van der Waals surface area contributed by atoms with Crippen molar-refractivity contribution in [1.29, 1.82) is 0 Å². The van der Waals surface area contributed by atoms with Crippen LogP contribution >= 0.6 is 0 Å². The third-order valence-corrected chi connectivity index (χ3v) is 6.30. The van der Waals surface area contributed by atoms with Crippen LogP contribution in [0, 0.1) is 0 Å². The normalized spacial score (nSPS) is 15.0. The van der Waals surface area contributed by atoms with Crippen molar-refractivity contribution in [2.24, 2.45) is 0 Å². The number of ether oxygens (including phenoxy) is 1. The highest BCUT2D eigenvalue weighted by Gasteiger charge is 2.42. The Bertz CT molecular complexity index is 1380. The number of para-hydroxylation sites is 1. The Labute approximate surface area is 198 Å². The first-order valence-corrected chi connectivity index (χ1v) is 11.8. The first-order chi connectivity index (χ1) is 16.7. The molecule has 0 saturated carbocycles. The number of hydrogen-bond donors (Lipinski definition) is 0. The average molecular weight is 454 g/mol. The molecule has 2 heterocycles. The van der Waals surface area contributed by atoms with Crippen LogP contribution in [-0.4, -0.2) is 24.0 Å². The fourth-order valence-corrected chi connectivity index (χ4v) is 4.55. The van der Waals surface area contributed by atoms with E-state index < -0.39 is 6.04 Å². The van der Waals surface area contributed by atoms with Gasteiger partial charge in [0.2, 0.25) is 5.76 Å². The van der Waals surface area contributed by atoms with E-state index in [1.54, 1.807) is 23.1 Å². The number of carbonyl (C=O) groups is 1. The Morgan fingerprint density at radius 1 is 0.941 bits per heavy atom. The van der Waals surface area contributed by atoms with E-state index in [4.69, 9.17) is 9.15 Å². The van der Waals surface area contributed by atoms with E-state index >= 15 is 0 Å². The average Bonchev–Trinajstić information content (AvgIpc) is 3.15. The van der Waals surface area contributed by atoms with Gasteiger partial charge < -0.3 is 14.1 Å². The van der Waals surface area contributed by atoms with E-state index in [1.165, 1.54) is 0 Å². The maximum Gasteiger partial charge on any atom is 0.290 e. The van der Waals surface area contributed by atoms with Crippen LogP contribution in [0.25, 0.3) is 11.0 Å². The zero-order valence-electron chi connectivity index (χ0n) is 19.2. The van der Waals surface area contributed by atoms with Crippen LogP contribution in [0.3, 0.4) is 0 Å². The molecule has 1 amide bonds. The highest BCUT2D eigenvalue weighted by molar-refractivity contribution is 5.99. The highest BCUT2D eigenvalue weighted by atomic mass is 16.5. The van der Waals surface area contributed by atoms with Crippen molar-refractivity contribution in [3.8, 4) is 5.75 Å². The monoisotopic (exact) mass is 453 g/mol. The zero-order chi connectivity index (χ0) is 23.5. The highest BCUT2D eigenvalue weighted by Crippen LogP contribution is 2.39. The standard InChI is InChI=1S/C29H27NO4/c1-2-3-18-33-22-13-9-12-21(19-22)26-25-27(31)23-14-7-8-15-24(23)34-28(25)29(32)30(26)17-16-20-10-5-4-6-11-20/h4-15,19,26H,2-3,16-18H2,1H3. The van der Waals surface area contributed by atoms with Crippen LogP contribution in [0.2, 0.25) is 0 Å². The van der Waals surface area contributed by atoms with E-state index in [-0.39, 0.29) is 17.1 Å². The molecule has 5 heteroatoms. The maximum absolute atomic E-state index is 13.6. The molecule has 0 N–H and O–H groups in total. The molecule has 0 fully saturated rings. The van der Waals surface area contributed by atoms with Gasteiger partial charge in [0.1, 0.15) is 11.3 Å². The van der Waals surface area contributed by atoms with Gasteiger partial charge in [0.05, 0.1) is 23.6 Å². The lowest BCUT2D eigenvalue weighted by atomic mass is 9.98. The van der Waals surface area contributed by atoms with Crippen molar-refractivity contribution in [3.63, 3.8) is 0 Å². The number of fused-ring (bicyclic) bond motifs is 2. The van der Waals surface area contributed by atoms with Gasteiger partial charge in [-0.25, -0.2) is 0 Å². The summed E-state index contributed by atoms with van der Waals surface area (Å²) in [5.74, 6) is 0.621. The summed E-state index contributed by atoms with van der Waals surface area (Å²) in [4.78, 5) is 28.9. The summed E-state index contributed by atoms with van der Waals surface area (Å²) in [6.07, 6.45) is 2.69. The van der Waals surface area contributed by atoms with Crippen molar-refractivity contribution >= 4 is 16.9 Å². The minimum absolute atomic E-state index is 0.138. The predicted molar refractivity (Wildman–Crippen MR) is 132 cm³/mol. The third kappa shape index (κ3) is 4.10. The molecule has 5 rings (SSSR count). The SMILES string of the molecule is CCCCOc1cccc(C2c3c(oc4ccccc4c3=O)C(=O)N2CCc2ccccc2)c1. The number of hydrogen-bond acceptors (Lipinski definition) is 4. The number of benzene rings is 3. The molecule has 5 nitrogen and oxygen atoms in total. The summed E-state index contributed by atoms with van der Waals surface area (Å²) in [5, 5.41) is 0.485. The van der Waals surface area contributed by atoms with Gasteiger partial charge in [-0.3, -0.25) is 9.59 Å². The molecule has 1 aliphatic rings. The summed E-state index contributed by atoms with van der Waals surface area (Å²) < 4.78 is 11.9. The fourth-order valence-electron chi connectivity index (χ4n) is 4.55. The van der Waals surface area contributed by atoms with Crippen molar-refractivity contribution in [3.05, 3.63) is 112 Å². The molecule has 0 radical (unpaired) electrons. The van der Waals surface area contributed by atoms with Gasteiger partial charge in [-0.05, 0) is 48.2 Å². The number of rotatable bonds is 8. The van der Waals surface area contributed by atoms with Gasteiger partial charge in [-0.1, -0.05) is 67.9 Å². The molecule has 0 bridgehead atoms. The molecule has 34 heavy (non-hydrogen) atoms. The van der Waals surface area contributed by atoms with Gasteiger partial charge in [-0.15, -0.1) is 0 Å². The van der Waals surface area contributed by atoms with Crippen molar-refractivity contribution in [1.82, 2.24) is 4.90 Å². The number of nitrogens with zero attached hydrogens (tertiary/aromatic N) is 1. The Kier molecular flexibility index (Phi) is 6.17. The van der Waals surface area contributed by atoms with Crippen molar-refractivity contribution in [2.75, 3.05) is 13.2 Å². The summed E-state index contributed by atoms with van der Waals surface area (Å²) in [6, 6.07) is 24.3. The molecular formula is C29H27NO4. The van der Waals surface area contributed by atoms with Crippen molar-refractivity contribution in [2.45, 2.75) is 32.2 Å². The first-order valence-electron chi connectivity index (χ1n) is 11.8. The topological polar surface area (TPSA) is 59.8 Å². The molecule has 172 valence electrons. The van der Waals surface area contributed by atoms with E-state index in [0.29, 0.717) is 36.1 Å². The molecular weight excluding hydrogens is 426 g/mol. The van der Waals surface area contributed by atoms with Gasteiger partial charge in [0, 0.05) is 6.54 Å². The minimum atomic E-state index is -0.526. The first kappa shape index (κ1) is 22.0. The lowest BCUT2D eigenvalue weighted by Crippen LogP contribution is -2.31. The van der Waals surface area contributed by atoms with Crippen LogP contribution < -0.4 is 10.2 Å². The second-order valence-electron chi connectivity index (χ2n) is 8.58. The third-order valence-electron chi connectivity index (χ3n) is 6.30. The Morgan fingerprint density at radius 2 is 1.74 bits per heavy atom. The van der Waals surface area contributed by atoms with E-state index in [1.807, 2.05) is 60.7 Å². The molecule has 1 aliphatic heterocycles. The maximum atomic E-state index is 13.6. The summed E-state index contributed by atoms with van der Waals surface area (Å²) in [6.45, 7) is 3.22. The minimum Gasteiger partial charge on any atom is -0.494 e. The summed E-state index contributed by atoms with van der Waals surface area (Å²) >= 11 is 0. The largest absolute Gasteiger partial charge is 0.494 e. The smallest absolute Gasteiger partial charge is 0.290 e. The summed E-state index contributed by atoms with van der Waals surface area (Å²) in [5.41, 5.74) is 2.65. The number of carbonyl (C=O) groups excluding carboxylic acids is 1. The molecule has 1 unspecified atom stereocenters. The Morgan fingerprint density at radius 3 is 2.56 bits per heavy atom. The Hall–Kier alpha value is -3.86. The number of amides is 1. The van der Waals surface area contributed by atoms with Crippen LogP contribution in [0.5, 0.6) is 5.75 Å². The second kappa shape index (κ2) is 9.56. The quantitative estimate of drug-likeness (QED) is 0.318. The van der Waals surface area contributed by atoms with Crippen LogP contribution in [0.4, 0.5) is 0 Å². The molecule has 1 aromatic heterocycles. The molecule has 0 saturated heterocycles. The molecule has 4 aromatic rings. The van der Waals surface area contributed by atoms with Gasteiger partial charge in [0.25, 0.3) is 5.91 Å². The van der Waals surface area contributed by atoms with Crippen LogP contribution in [-0.2, 0) is 6.42 Å². The molecule has 0 aliphatic carbocycles. The summed E-state index contributed by atoms with van der Waals surface area (Å²) in [7, 11) is 0.